The Morgan fingerprint density at radius 2 is 1.62 bits per heavy atom. The molecular weight excluding hydrogens is 214 g/mol. The molecule has 0 radical (unpaired) electrons. The van der Waals surface area contributed by atoms with Crippen molar-refractivity contribution in [2.75, 3.05) is 29.5 Å². The molecule has 0 N–H and O–H groups in total. The first-order valence-corrected chi connectivity index (χ1v) is 6.90. The maximum atomic E-state index is 2.49. The molecule has 0 unspecified atom stereocenters. The molecule has 16 heavy (non-hydrogen) atoms. The molecule has 1 aliphatic heterocycles. The lowest BCUT2D eigenvalue weighted by molar-refractivity contribution is 0.860. The van der Waals surface area contributed by atoms with Crippen LogP contribution in [0.4, 0.5) is 5.69 Å². The van der Waals surface area contributed by atoms with Crippen molar-refractivity contribution < 1.29 is 0 Å². The number of rotatable bonds is 1. The van der Waals surface area contributed by atoms with E-state index in [4.69, 9.17) is 0 Å². The Morgan fingerprint density at radius 1 is 0.875 bits per heavy atom. The molecule has 0 saturated carbocycles. The second kappa shape index (κ2) is 4.38. The average Bonchev–Trinajstić information content (AvgIpc) is 2.39. The minimum absolute atomic E-state index is 1.18. The fourth-order valence-electron chi connectivity index (χ4n) is 2.19. The summed E-state index contributed by atoms with van der Waals surface area (Å²) in [4.78, 5) is 2.49. The standard InChI is InChI=1S/C14H15NS/c1-2-4-13-11-14(6-5-12(13)3-1)15-7-9-16-10-8-15/h1-6,11H,7-10H2. The summed E-state index contributed by atoms with van der Waals surface area (Å²) in [6.07, 6.45) is 0. The molecule has 2 heteroatoms. The molecular formula is C14H15NS. The van der Waals surface area contributed by atoms with Crippen LogP contribution in [0.1, 0.15) is 0 Å². The van der Waals surface area contributed by atoms with Gasteiger partial charge in [-0.25, -0.2) is 0 Å². The van der Waals surface area contributed by atoms with Gasteiger partial charge in [0.2, 0.25) is 0 Å². The summed E-state index contributed by atoms with van der Waals surface area (Å²) in [5.41, 5.74) is 1.37. The van der Waals surface area contributed by atoms with Gasteiger partial charge in [-0.15, -0.1) is 0 Å². The van der Waals surface area contributed by atoms with Crippen LogP contribution < -0.4 is 4.90 Å². The van der Waals surface area contributed by atoms with E-state index in [0.717, 1.165) is 0 Å². The number of fused-ring (bicyclic) bond motifs is 1. The highest BCUT2D eigenvalue weighted by Gasteiger charge is 2.10. The third-order valence-electron chi connectivity index (χ3n) is 3.11. The molecule has 1 heterocycles. The summed E-state index contributed by atoms with van der Waals surface area (Å²) in [7, 11) is 0. The number of nitrogens with zero attached hydrogens (tertiary/aromatic N) is 1. The van der Waals surface area contributed by atoms with Gasteiger partial charge in [0.15, 0.2) is 0 Å². The summed E-state index contributed by atoms with van der Waals surface area (Å²) >= 11 is 2.06. The van der Waals surface area contributed by atoms with Gasteiger partial charge in [-0.2, -0.15) is 11.8 Å². The minimum atomic E-state index is 1.18. The van der Waals surface area contributed by atoms with E-state index in [1.165, 1.54) is 41.1 Å². The van der Waals surface area contributed by atoms with Crippen LogP contribution in [0.2, 0.25) is 0 Å². The van der Waals surface area contributed by atoms with Crippen molar-refractivity contribution in [3.8, 4) is 0 Å². The van der Waals surface area contributed by atoms with Crippen molar-refractivity contribution in [2.24, 2.45) is 0 Å². The quantitative estimate of drug-likeness (QED) is 0.737. The zero-order valence-electron chi connectivity index (χ0n) is 9.23. The Kier molecular flexibility index (Phi) is 2.75. The Bertz CT molecular complexity index is 489. The van der Waals surface area contributed by atoms with Crippen LogP contribution in [0.15, 0.2) is 42.5 Å². The van der Waals surface area contributed by atoms with Gasteiger partial charge in [-0.3, -0.25) is 0 Å². The van der Waals surface area contributed by atoms with Crippen molar-refractivity contribution in [1.29, 1.82) is 0 Å². The third-order valence-corrected chi connectivity index (χ3v) is 4.05. The number of benzene rings is 2. The zero-order chi connectivity index (χ0) is 10.8. The fraction of sp³-hybridized carbons (Fsp3) is 0.286. The van der Waals surface area contributed by atoms with Crippen molar-refractivity contribution in [2.45, 2.75) is 0 Å². The highest BCUT2D eigenvalue weighted by molar-refractivity contribution is 7.99. The second-order valence-corrected chi connectivity index (χ2v) is 5.36. The Balaban J connectivity index is 1.97. The van der Waals surface area contributed by atoms with Gasteiger partial charge in [-0.1, -0.05) is 30.3 Å². The van der Waals surface area contributed by atoms with E-state index in [2.05, 4.69) is 59.1 Å². The van der Waals surface area contributed by atoms with Crippen LogP contribution in [0.3, 0.4) is 0 Å². The van der Waals surface area contributed by atoms with E-state index >= 15 is 0 Å². The summed E-state index contributed by atoms with van der Waals surface area (Å²) in [5, 5.41) is 2.68. The number of thioether (sulfide) groups is 1. The van der Waals surface area contributed by atoms with Crippen LogP contribution in [0.25, 0.3) is 10.8 Å². The predicted octanol–water partition coefficient (Wildman–Crippen LogP) is 3.39. The molecule has 1 saturated heterocycles. The van der Waals surface area contributed by atoms with Crippen LogP contribution in [-0.4, -0.2) is 24.6 Å². The average molecular weight is 229 g/mol. The van der Waals surface area contributed by atoms with Crippen LogP contribution in [-0.2, 0) is 0 Å². The van der Waals surface area contributed by atoms with Crippen molar-refractivity contribution in [3.05, 3.63) is 42.5 Å². The summed E-state index contributed by atoms with van der Waals surface area (Å²) in [6.45, 7) is 2.37. The van der Waals surface area contributed by atoms with Crippen LogP contribution in [0.5, 0.6) is 0 Å². The molecule has 0 aliphatic carbocycles. The predicted molar refractivity (Wildman–Crippen MR) is 73.5 cm³/mol. The Morgan fingerprint density at radius 3 is 2.44 bits per heavy atom. The lowest BCUT2D eigenvalue weighted by Gasteiger charge is -2.28. The number of anilines is 1. The molecule has 0 spiro atoms. The fourth-order valence-corrected chi connectivity index (χ4v) is 3.10. The van der Waals surface area contributed by atoms with Gasteiger partial charge in [-0.05, 0) is 22.9 Å². The number of hydrogen-bond donors (Lipinski definition) is 0. The molecule has 1 fully saturated rings. The van der Waals surface area contributed by atoms with Gasteiger partial charge < -0.3 is 4.90 Å². The number of hydrogen-bond acceptors (Lipinski definition) is 2. The van der Waals surface area contributed by atoms with Crippen LogP contribution >= 0.6 is 11.8 Å². The van der Waals surface area contributed by atoms with E-state index in [-0.39, 0.29) is 0 Å². The van der Waals surface area contributed by atoms with Gasteiger partial charge >= 0.3 is 0 Å². The topological polar surface area (TPSA) is 3.24 Å². The molecule has 2 aromatic carbocycles. The van der Waals surface area contributed by atoms with Crippen LogP contribution in [0, 0.1) is 0 Å². The highest BCUT2D eigenvalue weighted by Crippen LogP contribution is 2.24. The molecule has 1 aliphatic rings. The largest absolute Gasteiger partial charge is 0.370 e. The van der Waals surface area contributed by atoms with Crippen molar-refractivity contribution >= 4 is 28.2 Å². The van der Waals surface area contributed by atoms with Crippen molar-refractivity contribution in [3.63, 3.8) is 0 Å². The molecule has 0 aromatic heterocycles. The maximum absolute atomic E-state index is 2.49. The van der Waals surface area contributed by atoms with E-state index in [9.17, 15) is 0 Å². The molecule has 0 atom stereocenters. The lowest BCUT2D eigenvalue weighted by atomic mass is 10.1. The molecule has 82 valence electrons. The smallest absolute Gasteiger partial charge is 0.0373 e. The van der Waals surface area contributed by atoms with E-state index in [0.29, 0.717) is 0 Å². The van der Waals surface area contributed by atoms with Gasteiger partial charge in [0, 0.05) is 30.3 Å². The van der Waals surface area contributed by atoms with E-state index < -0.39 is 0 Å². The normalized spacial score (nSPS) is 16.6. The lowest BCUT2D eigenvalue weighted by Crippen LogP contribution is -2.32. The van der Waals surface area contributed by atoms with Gasteiger partial charge in [0.1, 0.15) is 0 Å². The summed E-state index contributed by atoms with van der Waals surface area (Å²) in [6, 6.07) is 15.4. The first-order valence-electron chi connectivity index (χ1n) is 5.75. The monoisotopic (exact) mass is 229 g/mol. The summed E-state index contributed by atoms with van der Waals surface area (Å²) < 4.78 is 0. The first kappa shape index (κ1) is 10.0. The zero-order valence-corrected chi connectivity index (χ0v) is 10.0. The Hall–Kier alpha value is -1.15. The highest BCUT2D eigenvalue weighted by atomic mass is 32.2. The van der Waals surface area contributed by atoms with Gasteiger partial charge in [0.25, 0.3) is 0 Å². The Labute approximate surface area is 100 Å². The molecule has 2 aromatic rings. The minimum Gasteiger partial charge on any atom is -0.370 e. The van der Waals surface area contributed by atoms with E-state index in [1.54, 1.807) is 0 Å². The molecule has 3 rings (SSSR count). The molecule has 0 bridgehead atoms. The maximum Gasteiger partial charge on any atom is 0.0373 e. The van der Waals surface area contributed by atoms with Gasteiger partial charge in [0.05, 0.1) is 0 Å². The summed E-state index contributed by atoms with van der Waals surface area (Å²) in [5.74, 6) is 2.51. The first-order chi connectivity index (χ1) is 7.93. The third kappa shape index (κ3) is 1.90. The second-order valence-electron chi connectivity index (χ2n) is 4.13. The SMILES string of the molecule is c1ccc2cc(N3CCSCC3)ccc2c1. The molecule has 1 nitrogen and oxygen atoms in total. The molecule has 0 amide bonds. The van der Waals surface area contributed by atoms with Crippen molar-refractivity contribution in [1.82, 2.24) is 0 Å². The van der Waals surface area contributed by atoms with E-state index in [1.807, 2.05) is 0 Å².